The SMILES string of the molecule is CC(C)(C)OC(=O)NC(CC(=O)OCC(=O)[C@@]12OC(C)(C)O[C@@H]1CC1C3CCC4=CC(=O)C=C[C@]4(C)[C@@]3(F)[C@@H](O)C[C@@]12C)C(=O)OCC(CO[N+](=O)[O-])O[N+](=O)[O-]. The Balaban J connectivity index is 1.34. The number of fused-ring (bicyclic) bond motifs is 7. The molecule has 0 aromatic heterocycles. The average Bonchev–Trinajstić information content (AvgIpc) is 3.49. The van der Waals surface area contributed by atoms with Crippen LogP contribution in [0.2, 0.25) is 0 Å². The zero-order valence-corrected chi connectivity index (χ0v) is 32.6. The molecule has 0 spiro atoms. The molecule has 10 atom stereocenters. The first kappa shape index (κ1) is 43.4. The summed E-state index contributed by atoms with van der Waals surface area (Å²) < 4.78 is 45.9. The first-order chi connectivity index (χ1) is 26.3. The van der Waals surface area contributed by atoms with Gasteiger partial charge in [0.05, 0.1) is 18.6 Å². The van der Waals surface area contributed by atoms with Crippen molar-refractivity contribution in [1.82, 2.24) is 5.32 Å². The summed E-state index contributed by atoms with van der Waals surface area (Å²) in [6.45, 7) is 8.19. The van der Waals surface area contributed by atoms with E-state index in [1.807, 2.05) is 0 Å². The van der Waals surface area contributed by atoms with Crippen LogP contribution >= 0.6 is 0 Å². The maximum atomic E-state index is 17.7. The molecule has 4 unspecified atom stereocenters. The van der Waals surface area contributed by atoms with Gasteiger partial charge in [-0.2, -0.15) is 0 Å². The van der Waals surface area contributed by atoms with E-state index in [2.05, 4.69) is 15.0 Å². The molecule has 1 saturated heterocycles. The van der Waals surface area contributed by atoms with E-state index in [4.69, 9.17) is 23.7 Å². The maximum absolute atomic E-state index is 17.7. The lowest BCUT2D eigenvalue weighted by Gasteiger charge is -2.62. The largest absolute Gasteiger partial charge is 0.462 e. The number of ether oxygens (including phenoxy) is 5. The van der Waals surface area contributed by atoms with E-state index in [0.717, 1.165) is 0 Å². The highest BCUT2D eigenvalue weighted by atomic mass is 19.1. The topological polar surface area (TPSA) is 268 Å². The second-order valence-electron chi connectivity index (χ2n) is 16.9. The van der Waals surface area contributed by atoms with Crippen molar-refractivity contribution in [1.29, 1.82) is 0 Å². The van der Waals surface area contributed by atoms with E-state index in [1.54, 1.807) is 27.7 Å². The number of alkyl halides is 1. The summed E-state index contributed by atoms with van der Waals surface area (Å²) in [6, 6.07) is -1.86. The third-order valence-corrected chi connectivity index (χ3v) is 11.8. The molecule has 57 heavy (non-hydrogen) atoms. The Morgan fingerprint density at radius 3 is 2.39 bits per heavy atom. The maximum Gasteiger partial charge on any atom is 0.408 e. The number of esters is 2. The van der Waals surface area contributed by atoms with Gasteiger partial charge in [-0.05, 0) is 85.3 Å². The molecule has 21 heteroatoms. The molecule has 0 radical (unpaired) electrons. The first-order valence-corrected chi connectivity index (χ1v) is 18.4. The predicted octanol–water partition coefficient (Wildman–Crippen LogP) is 2.58. The Hall–Kier alpha value is -4.76. The second-order valence-corrected chi connectivity index (χ2v) is 16.9. The van der Waals surface area contributed by atoms with E-state index in [1.165, 1.54) is 39.0 Å². The van der Waals surface area contributed by atoms with Crippen molar-refractivity contribution in [2.45, 2.75) is 128 Å². The lowest BCUT2D eigenvalue weighted by Crippen LogP contribution is -2.70. The number of Topliss-reactive ketones (excluding diaryl/α,β-unsaturated/α-hetero) is 1. The lowest BCUT2D eigenvalue weighted by molar-refractivity contribution is -0.790. The van der Waals surface area contributed by atoms with Crippen LogP contribution in [0, 0.1) is 42.9 Å². The number of rotatable bonds is 14. The quantitative estimate of drug-likeness (QED) is 0.110. The van der Waals surface area contributed by atoms with Gasteiger partial charge in [-0.1, -0.05) is 18.6 Å². The van der Waals surface area contributed by atoms with E-state index in [9.17, 15) is 49.3 Å². The van der Waals surface area contributed by atoms with Gasteiger partial charge in [0.25, 0.3) is 10.2 Å². The van der Waals surface area contributed by atoms with Crippen molar-refractivity contribution in [2.24, 2.45) is 22.7 Å². The van der Waals surface area contributed by atoms with Gasteiger partial charge in [-0.15, -0.1) is 20.2 Å². The highest BCUT2D eigenvalue weighted by Gasteiger charge is 2.80. The monoisotopic (exact) mass is 813 g/mol. The third-order valence-electron chi connectivity index (χ3n) is 11.8. The molecule has 3 saturated carbocycles. The summed E-state index contributed by atoms with van der Waals surface area (Å²) in [5.74, 6) is -6.25. The van der Waals surface area contributed by atoms with Gasteiger partial charge in [0, 0.05) is 16.7 Å². The molecular weight excluding hydrogens is 765 g/mol. The summed E-state index contributed by atoms with van der Waals surface area (Å²) in [4.78, 5) is 95.4. The molecule has 5 aliphatic rings. The number of allylic oxidation sites excluding steroid dienone is 4. The number of alkyl carbamates (subject to hydrolysis) is 1. The zero-order chi connectivity index (χ0) is 42.5. The highest BCUT2D eigenvalue weighted by Crippen LogP contribution is 2.72. The third kappa shape index (κ3) is 8.05. The Bertz CT molecular complexity index is 1760. The van der Waals surface area contributed by atoms with Gasteiger partial charge in [0.2, 0.25) is 5.78 Å². The molecular formula is C36H48FN3O17. The second kappa shape index (κ2) is 15.2. The van der Waals surface area contributed by atoms with Crippen molar-refractivity contribution in [3.8, 4) is 0 Å². The van der Waals surface area contributed by atoms with Crippen LogP contribution in [-0.2, 0) is 52.5 Å². The molecule has 0 bridgehead atoms. The van der Waals surface area contributed by atoms with Crippen LogP contribution in [0.25, 0.3) is 0 Å². The molecule has 20 nitrogen and oxygen atoms in total. The van der Waals surface area contributed by atoms with Gasteiger partial charge >= 0.3 is 18.0 Å². The normalized spacial score (nSPS) is 34.5. The number of hydrogen-bond donors (Lipinski definition) is 2. The molecule has 1 amide bonds. The number of carbonyl (C=O) groups is 5. The number of nitrogens with zero attached hydrogens (tertiary/aromatic N) is 2. The smallest absolute Gasteiger partial charge is 0.408 e. The highest BCUT2D eigenvalue weighted by molar-refractivity contribution is 6.01. The predicted molar refractivity (Wildman–Crippen MR) is 186 cm³/mol. The lowest BCUT2D eigenvalue weighted by atomic mass is 9.44. The number of aliphatic hydroxyl groups is 1. The Morgan fingerprint density at radius 2 is 1.75 bits per heavy atom. The summed E-state index contributed by atoms with van der Waals surface area (Å²) in [5, 5.41) is 32.8. The van der Waals surface area contributed by atoms with Crippen LogP contribution in [-0.4, -0.2) is 112 Å². The first-order valence-electron chi connectivity index (χ1n) is 18.4. The molecule has 0 aromatic rings. The van der Waals surface area contributed by atoms with E-state index < -0.39 is 130 Å². The number of halogens is 1. The summed E-state index contributed by atoms with van der Waals surface area (Å²) in [7, 11) is 0. The summed E-state index contributed by atoms with van der Waals surface area (Å²) in [5.41, 5.74) is -7.05. The minimum atomic E-state index is -2.21. The van der Waals surface area contributed by atoms with Crippen LogP contribution in [0.5, 0.6) is 0 Å². The van der Waals surface area contributed by atoms with Gasteiger partial charge < -0.3 is 43.8 Å². The minimum absolute atomic E-state index is 0.169. The number of nitrogens with one attached hydrogen (secondary N) is 1. The molecule has 0 aromatic carbocycles. The number of amides is 1. The fourth-order valence-electron chi connectivity index (χ4n) is 9.58. The van der Waals surface area contributed by atoms with Gasteiger partial charge in [0.1, 0.15) is 24.9 Å². The van der Waals surface area contributed by atoms with Crippen LogP contribution < -0.4 is 5.32 Å². The standard InChI is InChI=1S/C36H48FN3O17/c1-31(2,3)55-30(46)38-24(29(45)52-16-21(56-40(49)50)17-53-39(47)48)14-28(44)51-18-26(43)36-27(54-32(4,5)57-36)13-23-22-9-8-19-12-20(41)10-11-33(19,6)35(22,37)25(42)15-34(23,36)7/h10-12,21-25,27,42H,8-9,13-18H2,1-7H3,(H,38,46)/t21?,22?,23?,24?,25-,27+,33-,34-,35-,36+/m0/s1. The molecule has 5 rings (SSSR count). The summed E-state index contributed by atoms with van der Waals surface area (Å²) >= 11 is 0. The Labute approximate surface area is 325 Å². The molecule has 4 aliphatic carbocycles. The van der Waals surface area contributed by atoms with Crippen molar-refractivity contribution in [2.75, 3.05) is 19.8 Å². The van der Waals surface area contributed by atoms with Crippen molar-refractivity contribution >= 4 is 29.6 Å². The zero-order valence-electron chi connectivity index (χ0n) is 32.6. The fraction of sp³-hybridized carbons (Fsp3) is 0.750. The molecule has 316 valence electrons. The van der Waals surface area contributed by atoms with Gasteiger partial charge in [-0.25, -0.2) is 14.0 Å². The number of aliphatic hydroxyl groups excluding tert-OH is 1. The Kier molecular flexibility index (Phi) is 11.6. The average molecular weight is 814 g/mol. The minimum Gasteiger partial charge on any atom is -0.462 e. The number of hydrogen-bond acceptors (Lipinski definition) is 17. The molecule has 1 heterocycles. The summed E-state index contributed by atoms with van der Waals surface area (Å²) in [6.07, 6.45) is -1.65. The van der Waals surface area contributed by atoms with E-state index in [-0.39, 0.29) is 25.0 Å². The molecule has 1 aliphatic heterocycles. The van der Waals surface area contributed by atoms with Crippen molar-refractivity contribution in [3.63, 3.8) is 0 Å². The number of ketones is 2. The van der Waals surface area contributed by atoms with E-state index >= 15 is 4.39 Å². The van der Waals surface area contributed by atoms with Crippen LogP contribution in [0.1, 0.15) is 80.6 Å². The van der Waals surface area contributed by atoms with Gasteiger partial charge in [-0.3, -0.25) is 14.4 Å². The van der Waals surface area contributed by atoms with Crippen molar-refractivity contribution < 1.29 is 77.0 Å². The van der Waals surface area contributed by atoms with Crippen molar-refractivity contribution in [3.05, 3.63) is 44.0 Å². The van der Waals surface area contributed by atoms with E-state index in [0.29, 0.717) is 12.0 Å². The molecule has 2 N–H and O–H groups in total. The van der Waals surface area contributed by atoms with Crippen LogP contribution in [0.15, 0.2) is 23.8 Å². The van der Waals surface area contributed by atoms with Crippen LogP contribution in [0.4, 0.5) is 9.18 Å². The molecule has 4 fully saturated rings. The fourth-order valence-corrected chi connectivity index (χ4v) is 9.58. The van der Waals surface area contributed by atoms with Gasteiger partial charge in [0.15, 0.2) is 35.6 Å². The van der Waals surface area contributed by atoms with Crippen LogP contribution in [0.3, 0.4) is 0 Å². The number of carbonyl (C=O) groups excluding carboxylic acids is 5. The Morgan fingerprint density at radius 1 is 1.07 bits per heavy atom.